The SMILES string of the molecule is CC(C)(O)C#Cc1ccc(CN2CCC3(CC2)CC3C(=O)NCc2ccco2)cc1. The van der Waals surface area contributed by atoms with Crippen LogP contribution < -0.4 is 5.32 Å². The zero-order valence-electron chi connectivity index (χ0n) is 17.8. The van der Waals surface area contributed by atoms with Gasteiger partial charge in [-0.05, 0) is 81.4 Å². The van der Waals surface area contributed by atoms with Gasteiger partial charge in [0.05, 0.1) is 12.8 Å². The van der Waals surface area contributed by atoms with E-state index < -0.39 is 5.60 Å². The maximum Gasteiger partial charge on any atom is 0.224 e. The Morgan fingerprint density at radius 1 is 1.27 bits per heavy atom. The predicted octanol–water partition coefficient (Wildman–Crippen LogP) is 3.32. The van der Waals surface area contributed by atoms with E-state index in [1.807, 2.05) is 24.3 Å². The van der Waals surface area contributed by atoms with Crippen molar-refractivity contribution in [3.05, 3.63) is 59.5 Å². The first-order valence-corrected chi connectivity index (χ1v) is 10.7. The Kier molecular flexibility index (Phi) is 5.73. The van der Waals surface area contributed by atoms with Crippen LogP contribution in [0, 0.1) is 23.2 Å². The van der Waals surface area contributed by atoms with Gasteiger partial charge in [-0.1, -0.05) is 24.0 Å². The number of carbonyl (C=O) groups excluding carboxylic acids is 1. The van der Waals surface area contributed by atoms with Crippen molar-refractivity contribution >= 4 is 5.91 Å². The van der Waals surface area contributed by atoms with Gasteiger partial charge in [0.25, 0.3) is 0 Å². The number of nitrogens with zero attached hydrogens (tertiary/aromatic N) is 1. The number of hydrogen-bond acceptors (Lipinski definition) is 4. The smallest absolute Gasteiger partial charge is 0.224 e. The minimum Gasteiger partial charge on any atom is -0.467 e. The van der Waals surface area contributed by atoms with Gasteiger partial charge in [0.2, 0.25) is 5.91 Å². The molecule has 5 nitrogen and oxygen atoms in total. The number of nitrogens with one attached hydrogen (secondary N) is 1. The standard InChI is InChI=1S/C25H30N2O3/c1-24(2,29)10-9-19-5-7-20(8-6-19)18-27-13-11-25(12-14-27)16-22(25)23(28)26-17-21-4-3-15-30-21/h3-8,15,22,29H,11-14,16-18H2,1-2H3,(H,26,28). The summed E-state index contributed by atoms with van der Waals surface area (Å²) in [5.41, 5.74) is 1.42. The number of rotatable bonds is 5. The second-order valence-corrected chi connectivity index (χ2v) is 9.20. The Bertz CT molecular complexity index is 922. The zero-order valence-corrected chi connectivity index (χ0v) is 17.8. The molecule has 1 unspecified atom stereocenters. The second-order valence-electron chi connectivity index (χ2n) is 9.20. The van der Waals surface area contributed by atoms with Crippen molar-refractivity contribution < 1.29 is 14.3 Å². The fraction of sp³-hybridized carbons (Fsp3) is 0.480. The third-order valence-electron chi connectivity index (χ3n) is 6.25. The second kappa shape index (κ2) is 8.29. The van der Waals surface area contributed by atoms with Crippen molar-refractivity contribution in [1.29, 1.82) is 0 Å². The van der Waals surface area contributed by atoms with Crippen LogP contribution in [-0.2, 0) is 17.9 Å². The van der Waals surface area contributed by atoms with Gasteiger partial charge in [-0.15, -0.1) is 0 Å². The average molecular weight is 407 g/mol. The van der Waals surface area contributed by atoms with Gasteiger partial charge in [0.15, 0.2) is 0 Å². The third kappa shape index (κ3) is 5.13. The van der Waals surface area contributed by atoms with Crippen molar-refractivity contribution in [2.75, 3.05) is 13.1 Å². The first kappa shape index (κ1) is 20.7. The normalized spacial score (nSPS) is 20.4. The maximum atomic E-state index is 12.5. The topological polar surface area (TPSA) is 65.7 Å². The molecule has 1 saturated carbocycles. The number of benzene rings is 1. The molecule has 2 heterocycles. The highest BCUT2D eigenvalue weighted by Gasteiger charge is 2.58. The number of carbonyl (C=O) groups is 1. The molecule has 1 aliphatic heterocycles. The summed E-state index contributed by atoms with van der Waals surface area (Å²) >= 11 is 0. The average Bonchev–Trinajstić information content (AvgIpc) is 3.16. The lowest BCUT2D eigenvalue weighted by Gasteiger charge is -2.32. The maximum absolute atomic E-state index is 12.5. The van der Waals surface area contributed by atoms with Crippen molar-refractivity contribution in [3.8, 4) is 11.8 Å². The summed E-state index contributed by atoms with van der Waals surface area (Å²) < 4.78 is 5.29. The van der Waals surface area contributed by atoms with Crippen LogP contribution in [0.15, 0.2) is 47.1 Å². The molecule has 158 valence electrons. The quantitative estimate of drug-likeness (QED) is 0.748. The fourth-order valence-electron chi connectivity index (χ4n) is 4.31. The first-order chi connectivity index (χ1) is 14.3. The van der Waals surface area contributed by atoms with Crippen molar-refractivity contribution in [3.63, 3.8) is 0 Å². The summed E-state index contributed by atoms with van der Waals surface area (Å²) in [6.45, 7) is 6.82. The van der Waals surface area contributed by atoms with Crippen LogP contribution in [-0.4, -0.2) is 34.6 Å². The minimum absolute atomic E-state index is 0.156. The fourth-order valence-corrected chi connectivity index (χ4v) is 4.31. The minimum atomic E-state index is -0.973. The van der Waals surface area contributed by atoms with E-state index in [1.54, 1.807) is 20.1 Å². The van der Waals surface area contributed by atoms with Crippen LogP contribution in [0.25, 0.3) is 0 Å². The van der Waals surface area contributed by atoms with Crippen LogP contribution >= 0.6 is 0 Å². The van der Waals surface area contributed by atoms with Crippen LogP contribution in [0.1, 0.15) is 50.0 Å². The molecule has 2 aliphatic rings. The van der Waals surface area contributed by atoms with E-state index in [0.717, 1.165) is 50.2 Å². The first-order valence-electron chi connectivity index (χ1n) is 10.7. The van der Waals surface area contributed by atoms with Crippen molar-refractivity contribution in [1.82, 2.24) is 10.2 Å². The Hall–Kier alpha value is -2.55. The molecular formula is C25H30N2O3. The molecule has 1 saturated heterocycles. The molecule has 30 heavy (non-hydrogen) atoms. The molecule has 4 rings (SSSR count). The van der Waals surface area contributed by atoms with Gasteiger partial charge < -0.3 is 14.8 Å². The van der Waals surface area contributed by atoms with Gasteiger partial charge in [0.1, 0.15) is 11.4 Å². The molecule has 0 bridgehead atoms. The van der Waals surface area contributed by atoms with Crippen LogP contribution in [0.2, 0.25) is 0 Å². The summed E-state index contributed by atoms with van der Waals surface area (Å²) in [6.07, 6.45) is 4.81. The summed E-state index contributed by atoms with van der Waals surface area (Å²) in [5, 5.41) is 12.7. The van der Waals surface area contributed by atoms with Crippen molar-refractivity contribution in [2.45, 2.75) is 51.8 Å². The molecule has 1 amide bonds. The number of furan rings is 1. The van der Waals surface area contributed by atoms with E-state index in [0.29, 0.717) is 6.54 Å². The summed E-state index contributed by atoms with van der Waals surface area (Å²) in [7, 11) is 0. The Balaban J connectivity index is 1.23. The van der Waals surface area contributed by atoms with E-state index in [9.17, 15) is 9.90 Å². The van der Waals surface area contributed by atoms with E-state index in [1.165, 1.54) is 5.56 Å². The van der Waals surface area contributed by atoms with Gasteiger partial charge in [-0.25, -0.2) is 0 Å². The molecule has 1 aromatic carbocycles. The molecule has 1 spiro atoms. The largest absolute Gasteiger partial charge is 0.467 e. The van der Waals surface area contributed by atoms with Crippen molar-refractivity contribution in [2.24, 2.45) is 11.3 Å². The molecule has 2 N–H and O–H groups in total. The summed E-state index contributed by atoms with van der Waals surface area (Å²) in [5.74, 6) is 6.98. The van der Waals surface area contributed by atoms with Gasteiger partial charge in [-0.2, -0.15) is 0 Å². The lowest BCUT2D eigenvalue weighted by Crippen LogP contribution is -2.36. The number of piperidine rings is 1. The lowest BCUT2D eigenvalue weighted by molar-refractivity contribution is -0.123. The monoisotopic (exact) mass is 406 g/mol. The van der Waals surface area contributed by atoms with Crippen LogP contribution in [0.3, 0.4) is 0 Å². The highest BCUT2D eigenvalue weighted by molar-refractivity contribution is 5.82. The van der Waals surface area contributed by atoms with E-state index in [2.05, 4.69) is 34.2 Å². The number of hydrogen-bond donors (Lipinski definition) is 2. The Labute approximate surface area is 178 Å². The molecule has 1 aromatic heterocycles. The van der Waals surface area contributed by atoms with Gasteiger partial charge in [0, 0.05) is 18.0 Å². The number of amides is 1. The lowest BCUT2D eigenvalue weighted by atomic mass is 9.90. The van der Waals surface area contributed by atoms with E-state index >= 15 is 0 Å². The summed E-state index contributed by atoms with van der Waals surface area (Å²) in [4.78, 5) is 15.0. The van der Waals surface area contributed by atoms with E-state index in [-0.39, 0.29) is 17.2 Å². The Morgan fingerprint density at radius 2 is 2.00 bits per heavy atom. The molecule has 1 atom stereocenters. The molecule has 2 fully saturated rings. The predicted molar refractivity (Wildman–Crippen MR) is 115 cm³/mol. The third-order valence-corrected chi connectivity index (χ3v) is 6.25. The number of likely N-dealkylation sites (tertiary alicyclic amines) is 1. The van der Waals surface area contributed by atoms with E-state index in [4.69, 9.17) is 4.42 Å². The highest BCUT2D eigenvalue weighted by atomic mass is 16.3. The Morgan fingerprint density at radius 3 is 2.63 bits per heavy atom. The summed E-state index contributed by atoms with van der Waals surface area (Å²) in [6, 6.07) is 12.0. The van der Waals surface area contributed by atoms with Gasteiger partial charge >= 0.3 is 0 Å². The molecular weight excluding hydrogens is 376 g/mol. The molecule has 0 radical (unpaired) electrons. The molecule has 1 aliphatic carbocycles. The zero-order chi connectivity index (χ0) is 21.2. The van der Waals surface area contributed by atoms with Crippen LogP contribution in [0.4, 0.5) is 0 Å². The van der Waals surface area contributed by atoms with Crippen LogP contribution in [0.5, 0.6) is 0 Å². The molecule has 5 heteroatoms. The molecule has 2 aromatic rings. The van der Waals surface area contributed by atoms with Gasteiger partial charge in [-0.3, -0.25) is 9.69 Å². The number of aliphatic hydroxyl groups is 1. The highest BCUT2D eigenvalue weighted by Crippen LogP contribution is 2.59.